The molecule has 6 nitrogen and oxygen atoms in total. The predicted molar refractivity (Wildman–Crippen MR) is 114 cm³/mol. The summed E-state index contributed by atoms with van der Waals surface area (Å²) in [6.07, 6.45) is 0. The van der Waals surface area contributed by atoms with Crippen molar-refractivity contribution in [1.82, 2.24) is 14.5 Å². The summed E-state index contributed by atoms with van der Waals surface area (Å²) < 4.78 is 25.9. The Morgan fingerprint density at radius 3 is 2.07 bits per heavy atom. The van der Waals surface area contributed by atoms with E-state index in [0.29, 0.717) is 24.6 Å². The highest BCUT2D eigenvalue weighted by atomic mass is 32.2. The lowest BCUT2D eigenvalue weighted by atomic mass is 10.0. The highest BCUT2D eigenvalue weighted by Gasteiger charge is 2.22. The van der Waals surface area contributed by atoms with Gasteiger partial charge in [-0.05, 0) is 48.4 Å². The van der Waals surface area contributed by atoms with Crippen LogP contribution in [0, 0.1) is 0 Å². The van der Waals surface area contributed by atoms with Crippen molar-refractivity contribution in [3.05, 3.63) is 65.2 Å². The molecule has 1 aliphatic rings. The van der Waals surface area contributed by atoms with Gasteiger partial charge < -0.3 is 4.90 Å². The number of nitrogens with zero attached hydrogens (tertiary/aromatic N) is 2. The summed E-state index contributed by atoms with van der Waals surface area (Å²) in [5.41, 5.74) is 3.14. The number of carbonyl (C=O) groups is 1. The van der Waals surface area contributed by atoms with E-state index < -0.39 is 10.0 Å². The van der Waals surface area contributed by atoms with Crippen molar-refractivity contribution in [3.8, 4) is 0 Å². The molecule has 0 aromatic heterocycles. The van der Waals surface area contributed by atoms with Gasteiger partial charge in [0.25, 0.3) is 5.91 Å². The molecule has 0 spiro atoms. The van der Waals surface area contributed by atoms with E-state index in [4.69, 9.17) is 0 Å². The highest BCUT2D eigenvalue weighted by Crippen LogP contribution is 2.17. The molecule has 1 amide bonds. The molecule has 1 heterocycles. The minimum Gasteiger partial charge on any atom is -0.336 e. The van der Waals surface area contributed by atoms with Crippen molar-refractivity contribution in [2.75, 3.05) is 33.2 Å². The second-order valence-corrected chi connectivity index (χ2v) is 9.58. The van der Waals surface area contributed by atoms with Crippen LogP contribution in [-0.4, -0.2) is 57.4 Å². The van der Waals surface area contributed by atoms with Crippen LogP contribution in [-0.2, 0) is 16.6 Å². The molecule has 1 fully saturated rings. The number of hydrogen-bond donors (Lipinski definition) is 1. The first kappa shape index (κ1) is 21.5. The summed E-state index contributed by atoms with van der Waals surface area (Å²) in [5.74, 6) is 0.477. The van der Waals surface area contributed by atoms with E-state index >= 15 is 0 Å². The molecule has 156 valence electrons. The standard InChI is InChI=1S/C22H29N3O3S/c1-17(2)19-6-4-18(5-7-19)16-24-12-14-25(15-13-24)22(26)20-8-10-21(11-9-20)29(27,28)23-3/h4-11,17,23H,12-16H2,1-3H3. The minimum absolute atomic E-state index is 0.0562. The zero-order valence-electron chi connectivity index (χ0n) is 17.3. The Morgan fingerprint density at radius 2 is 1.55 bits per heavy atom. The first-order valence-electron chi connectivity index (χ1n) is 9.94. The minimum atomic E-state index is -3.49. The molecule has 0 bridgehead atoms. The summed E-state index contributed by atoms with van der Waals surface area (Å²) in [5, 5.41) is 0. The molecule has 2 aromatic carbocycles. The molecule has 0 radical (unpaired) electrons. The average Bonchev–Trinajstić information content (AvgIpc) is 2.74. The van der Waals surface area contributed by atoms with Gasteiger partial charge in [0.1, 0.15) is 0 Å². The fraction of sp³-hybridized carbons (Fsp3) is 0.409. The van der Waals surface area contributed by atoms with Gasteiger partial charge in [-0.1, -0.05) is 38.1 Å². The van der Waals surface area contributed by atoms with Crippen molar-refractivity contribution >= 4 is 15.9 Å². The van der Waals surface area contributed by atoms with Gasteiger partial charge in [0.15, 0.2) is 0 Å². The molecule has 0 unspecified atom stereocenters. The summed E-state index contributed by atoms with van der Waals surface area (Å²) in [4.78, 5) is 17.1. The van der Waals surface area contributed by atoms with Crippen molar-refractivity contribution in [3.63, 3.8) is 0 Å². The molecule has 2 aromatic rings. The SMILES string of the molecule is CNS(=O)(=O)c1ccc(C(=O)N2CCN(Cc3ccc(C(C)C)cc3)CC2)cc1. The first-order chi connectivity index (χ1) is 13.8. The van der Waals surface area contributed by atoms with E-state index in [1.54, 1.807) is 12.1 Å². The Balaban J connectivity index is 1.55. The maximum atomic E-state index is 12.7. The molecule has 0 aliphatic carbocycles. The van der Waals surface area contributed by atoms with Gasteiger partial charge in [0, 0.05) is 38.3 Å². The van der Waals surface area contributed by atoms with E-state index in [2.05, 4.69) is 47.7 Å². The lowest BCUT2D eigenvalue weighted by Crippen LogP contribution is -2.48. The summed E-state index contributed by atoms with van der Waals surface area (Å²) in [7, 11) is -2.12. The van der Waals surface area contributed by atoms with Crippen LogP contribution in [0.15, 0.2) is 53.4 Å². The maximum absolute atomic E-state index is 12.7. The van der Waals surface area contributed by atoms with Crippen molar-refractivity contribution < 1.29 is 13.2 Å². The summed E-state index contributed by atoms with van der Waals surface area (Å²) >= 11 is 0. The van der Waals surface area contributed by atoms with E-state index in [-0.39, 0.29) is 10.8 Å². The Bertz CT molecular complexity index is 930. The van der Waals surface area contributed by atoms with Gasteiger partial charge in [-0.2, -0.15) is 0 Å². The van der Waals surface area contributed by atoms with Crippen LogP contribution in [0.3, 0.4) is 0 Å². The lowest BCUT2D eigenvalue weighted by molar-refractivity contribution is 0.0628. The zero-order chi connectivity index (χ0) is 21.0. The van der Waals surface area contributed by atoms with Gasteiger partial charge in [-0.15, -0.1) is 0 Å². The van der Waals surface area contributed by atoms with E-state index in [0.717, 1.165) is 19.6 Å². The monoisotopic (exact) mass is 415 g/mol. The molecule has 1 N–H and O–H groups in total. The predicted octanol–water partition coefficient (Wildman–Crippen LogP) is 2.68. The van der Waals surface area contributed by atoms with Crippen LogP contribution in [0.1, 0.15) is 41.3 Å². The summed E-state index contributed by atoms with van der Waals surface area (Å²) in [6.45, 7) is 8.25. The van der Waals surface area contributed by atoms with Gasteiger partial charge in [-0.25, -0.2) is 13.1 Å². The van der Waals surface area contributed by atoms with Crippen molar-refractivity contribution in [2.45, 2.75) is 31.2 Å². The van der Waals surface area contributed by atoms with Gasteiger partial charge in [0.2, 0.25) is 10.0 Å². The molecule has 0 atom stereocenters. The normalized spacial score (nSPS) is 15.7. The largest absolute Gasteiger partial charge is 0.336 e. The first-order valence-corrected chi connectivity index (χ1v) is 11.4. The number of piperazine rings is 1. The molecule has 3 rings (SSSR count). The molecule has 29 heavy (non-hydrogen) atoms. The molecule has 1 aliphatic heterocycles. The number of carbonyl (C=O) groups excluding carboxylic acids is 1. The van der Waals surface area contributed by atoms with E-state index in [1.807, 2.05) is 4.90 Å². The third kappa shape index (κ3) is 5.23. The topological polar surface area (TPSA) is 69.7 Å². The number of hydrogen-bond acceptors (Lipinski definition) is 4. The zero-order valence-corrected chi connectivity index (χ0v) is 18.1. The third-order valence-electron chi connectivity index (χ3n) is 5.39. The van der Waals surface area contributed by atoms with Crippen LogP contribution in [0.4, 0.5) is 0 Å². The second-order valence-electron chi connectivity index (χ2n) is 7.70. The quantitative estimate of drug-likeness (QED) is 0.788. The van der Waals surface area contributed by atoms with Crippen LogP contribution in [0.25, 0.3) is 0 Å². The molecular weight excluding hydrogens is 386 g/mol. The Morgan fingerprint density at radius 1 is 0.966 bits per heavy atom. The number of amides is 1. The maximum Gasteiger partial charge on any atom is 0.253 e. The van der Waals surface area contributed by atoms with Crippen molar-refractivity contribution in [2.24, 2.45) is 0 Å². The Kier molecular flexibility index (Phi) is 6.72. The van der Waals surface area contributed by atoms with Gasteiger partial charge in [-0.3, -0.25) is 9.69 Å². The molecule has 7 heteroatoms. The van der Waals surface area contributed by atoms with Gasteiger partial charge in [0.05, 0.1) is 4.90 Å². The van der Waals surface area contributed by atoms with E-state index in [1.165, 1.54) is 30.3 Å². The number of rotatable bonds is 6. The second kappa shape index (κ2) is 9.07. The Labute approximate surface area is 173 Å². The highest BCUT2D eigenvalue weighted by molar-refractivity contribution is 7.89. The van der Waals surface area contributed by atoms with Crippen LogP contribution in [0.5, 0.6) is 0 Å². The third-order valence-corrected chi connectivity index (χ3v) is 6.82. The number of nitrogens with one attached hydrogen (secondary N) is 1. The molecular formula is C22H29N3O3S. The van der Waals surface area contributed by atoms with E-state index in [9.17, 15) is 13.2 Å². The number of sulfonamides is 1. The fourth-order valence-corrected chi connectivity index (χ4v) is 4.18. The fourth-order valence-electron chi connectivity index (χ4n) is 3.45. The smallest absolute Gasteiger partial charge is 0.253 e. The van der Waals surface area contributed by atoms with Crippen LogP contribution < -0.4 is 4.72 Å². The summed E-state index contributed by atoms with van der Waals surface area (Å²) in [6, 6.07) is 14.9. The van der Waals surface area contributed by atoms with Crippen molar-refractivity contribution in [1.29, 1.82) is 0 Å². The lowest BCUT2D eigenvalue weighted by Gasteiger charge is -2.34. The van der Waals surface area contributed by atoms with Crippen LogP contribution in [0.2, 0.25) is 0 Å². The van der Waals surface area contributed by atoms with Gasteiger partial charge >= 0.3 is 0 Å². The Hall–Kier alpha value is -2.22. The molecule has 1 saturated heterocycles. The average molecular weight is 416 g/mol. The number of benzene rings is 2. The molecule has 0 saturated carbocycles. The van der Waals surface area contributed by atoms with Crippen LogP contribution >= 0.6 is 0 Å².